The number of rotatable bonds is 6. The van der Waals surface area contributed by atoms with Crippen molar-refractivity contribution in [1.29, 1.82) is 0 Å². The van der Waals surface area contributed by atoms with Crippen LogP contribution >= 0.6 is 0 Å². The van der Waals surface area contributed by atoms with Crippen LogP contribution in [0.3, 0.4) is 0 Å². The third kappa shape index (κ3) is 4.48. The topological polar surface area (TPSA) is 95.8 Å². The SMILES string of the molecule is COc1cccc(-c2cc(-c3ccc(Oc4ccccc4)cc3)c(/C(N)=N\N)cn2)c1. The van der Waals surface area contributed by atoms with Gasteiger partial charge in [-0.3, -0.25) is 4.98 Å². The Morgan fingerprint density at radius 2 is 1.52 bits per heavy atom. The van der Waals surface area contributed by atoms with Gasteiger partial charge in [-0.25, -0.2) is 0 Å². The van der Waals surface area contributed by atoms with E-state index < -0.39 is 0 Å². The summed E-state index contributed by atoms with van der Waals surface area (Å²) in [6, 6.07) is 27.1. The first kappa shape index (κ1) is 20.0. The molecule has 4 rings (SSSR count). The molecular weight excluding hydrogens is 388 g/mol. The molecule has 0 atom stereocenters. The molecule has 0 fully saturated rings. The number of para-hydroxylation sites is 1. The van der Waals surface area contributed by atoms with Crippen LogP contribution < -0.4 is 21.1 Å². The maximum absolute atomic E-state index is 6.04. The monoisotopic (exact) mass is 410 g/mol. The van der Waals surface area contributed by atoms with Crippen molar-refractivity contribution >= 4 is 5.84 Å². The number of aromatic nitrogens is 1. The number of benzene rings is 3. The molecule has 4 N–H and O–H groups in total. The van der Waals surface area contributed by atoms with Gasteiger partial charge in [0.1, 0.15) is 17.2 Å². The Bertz CT molecular complexity index is 1210. The fourth-order valence-electron chi connectivity index (χ4n) is 3.24. The van der Waals surface area contributed by atoms with Gasteiger partial charge in [0.2, 0.25) is 0 Å². The van der Waals surface area contributed by atoms with Crippen LogP contribution in [0.4, 0.5) is 0 Å². The van der Waals surface area contributed by atoms with Gasteiger partial charge < -0.3 is 21.1 Å². The first-order valence-corrected chi connectivity index (χ1v) is 9.69. The highest BCUT2D eigenvalue weighted by Gasteiger charge is 2.13. The van der Waals surface area contributed by atoms with E-state index in [-0.39, 0.29) is 5.84 Å². The van der Waals surface area contributed by atoms with E-state index in [0.717, 1.165) is 39.6 Å². The minimum atomic E-state index is 0.212. The summed E-state index contributed by atoms with van der Waals surface area (Å²) in [4.78, 5) is 4.56. The van der Waals surface area contributed by atoms with Crippen molar-refractivity contribution in [3.05, 3.63) is 96.7 Å². The van der Waals surface area contributed by atoms with E-state index >= 15 is 0 Å². The molecular formula is C25H22N4O2. The average molecular weight is 410 g/mol. The molecule has 0 spiro atoms. The zero-order chi connectivity index (χ0) is 21.6. The van der Waals surface area contributed by atoms with Gasteiger partial charge in [0, 0.05) is 17.3 Å². The highest BCUT2D eigenvalue weighted by Crippen LogP contribution is 2.31. The molecule has 0 bridgehead atoms. The second-order valence-electron chi connectivity index (χ2n) is 6.80. The first-order valence-electron chi connectivity index (χ1n) is 9.69. The van der Waals surface area contributed by atoms with E-state index in [2.05, 4.69) is 10.1 Å². The van der Waals surface area contributed by atoms with Crippen molar-refractivity contribution in [1.82, 2.24) is 4.98 Å². The summed E-state index contributed by atoms with van der Waals surface area (Å²) in [5.41, 5.74) is 10.2. The van der Waals surface area contributed by atoms with Crippen molar-refractivity contribution < 1.29 is 9.47 Å². The summed E-state index contributed by atoms with van der Waals surface area (Å²) in [6.07, 6.45) is 1.68. The van der Waals surface area contributed by atoms with Gasteiger partial charge in [0.25, 0.3) is 0 Å². The van der Waals surface area contributed by atoms with Gasteiger partial charge >= 0.3 is 0 Å². The molecule has 0 aliphatic rings. The Morgan fingerprint density at radius 1 is 0.806 bits per heavy atom. The summed E-state index contributed by atoms with van der Waals surface area (Å²) in [6.45, 7) is 0. The van der Waals surface area contributed by atoms with E-state index in [4.69, 9.17) is 21.1 Å². The molecule has 4 aromatic rings. The lowest BCUT2D eigenvalue weighted by Crippen LogP contribution is -2.17. The van der Waals surface area contributed by atoms with Gasteiger partial charge in [0.05, 0.1) is 12.8 Å². The molecule has 0 saturated carbocycles. The lowest BCUT2D eigenvalue weighted by atomic mass is 9.98. The number of hydrogen-bond acceptors (Lipinski definition) is 5. The smallest absolute Gasteiger partial charge is 0.152 e. The molecule has 6 nitrogen and oxygen atoms in total. The third-order valence-electron chi connectivity index (χ3n) is 4.83. The molecule has 0 unspecified atom stereocenters. The molecule has 1 aromatic heterocycles. The number of pyridine rings is 1. The molecule has 6 heteroatoms. The fraction of sp³-hybridized carbons (Fsp3) is 0.0400. The average Bonchev–Trinajstić information content (AvgIpc) is 2.84. The molecule has 0 amide bonds. The van der Waals surface area contributed by atoms with E-state index in [9.17, 15) is 0 Å². The number of hydrogen-bond donors (Lipinski definition) is 2. The maximum atomic E-state index is 6.04. The van der Waals surface area contributed by atoms with Crippen LogP contribution in [0, 0.1) is 0 Å². The predicted molar refractivity (Wildman–Crippen MR) is 123 cm³/mol. The standard InChI is InChI=1S/C25H22N4O2/c1-30-21-9-5-6-18(14-21)24-15-22(23(16-28-24)25(26)29-27)17-10-12-20(13-11-17)31-19-7-3-2-4-8-19/h2-16H,27H2,1H3,(H2,26,29). The van der Waals surface area contributed by atoms with Crippen molar-refractivity contribution in [3.8, 4) is 39.6 Å². The highest BCUT2D eigenvalue weighted by molar-refractivity contribution is 6.03. The van der Waals surface area contributed by atoms with Crippen LogP contribution in [0.15, 0.2) is 96.2 Å². The molecule has 3 aromatic carbocycles. The largest absolute Gasteiger partial charge is 0.497 e. The van der Waals surface area contributed by atoms with E-state index in [1.54, 1.807) is 13.3 Å². The second kappa shape index (κ2) is 9.00. The zero-order valence-electron chi connectivity index (χ0n) is 17.0. The number of nitrogens with zero attached hydrogens (tertiary/aromatic N) is 2. The Balaban J connectivity index is 1.72. The van der Waals surface area contributed by atoms with E-state index in [0.29, 0.717) is 5.56 Å². The van der Waals surface area contributed by atoms with Crippen LogP contribution in [0.2, 0.25) is 0 Å². The maximum Gasteiger partial charge on any atom is 0.152 e. The van der Waals surface area contributed by atoms with Gasteiger partial charge in [0.15, 0.2) is 5.84 Å². The normalized spacial score (nSPS) is 11.2. The van der Waals surface area contributed by atoms with Gasteiger partial charge in [-0.2, -0.15) is 5.10 Å². The van der Waals surface area contributed by atoms with Crippen LogP contribution in [0.5, 0.6) is 17.2 Å². The number of methoxy groups -OCH3 is 1. The van der Waals surface area contributed by atoms with E-state index in [1.807, 2.05) is 84.9 Å². The van der Waals surface area contributed by atoms with Gasteiger partial charge in [-0.1, -0.05) is 42.5 Å². The Hall–Kier alpha value is -4.32. The Morgan fingerprint density at radius 3 is 2.23 bits per heavy atom. The van der Waals surface area contributed by atoms with Crippen LogP contribution in [0.1, 0.15) is 5.56 Å². The van der Waals surface area contributed by atoms with Crippen molar-refractivity contribution in [2.75, 3.05) is 7.11 Å². The van der Waals surface area contributed by atoms with Gasteiger partial charge in [-0.15, -0.1) is 0 Å². The Labute approximate surface area is 180 Å². The number of nitrogens with two attached hydrogens (primary N) is 2. The predicted octanol–water partition coefficient (Wildman–Crippen LogP) is 4.80. The van der Waals surface area contributed by atoms with Crippen molar-refractivity contribution in [2.24, 2.45) is 16.7 Å². The first-order chi connectivity index (χ1) is 15.2. The summed E-state index contributed by atoms with van der Waals surface area (Å²) in [5.74, 6) is 7.93. The zero-order valence-corrected chi connectivity index (χ0v) is 17.0. The van der Waals surface area contributed by atoms with Crippen molar-refractivity contribution in [2.45, 2.75) is 0 Å². The van der Waals surface area contributed by atoms with Crippen molar-refractivity contribution in [3.63, 3.8) is 0 Å². The molecule has 31 heavy (non-hydrogen) atoms. The highest BCUT2D eigenvalue weighted by atomic mass is 16.5. The second-order valence-corrected chi connectivity index (χ2v) is 6.80. The van der Waals surface area contributed by atoms with E-state index in [1.165, 1.54) is 0 Å². The molecule has 0 radical (unpaired) electrons. The fourth-order valence-corrected chi connectivity index (χ4v) is 3.24. The summed E-state index contributed by atoms with van der Waals surface area (Å²) in [7, 11) is 1.64. The molecule has 154 valence electrons. The molecule has 0 aliphatic carbocycles. The van der Waals surface area contributed by atoms with Crippen LogP contribution in [-0.4, -0.2) is 17.9 Å². The minimum absolute atomic E-state index is 0.212. The lowest BCUT2D eigenvalue weighted by Gasteiger charge is -2.13. The number of amidine groups is 1. The van der Waals surface area contributed by atoms with Crippen LogP contribution in [0.25, 0.3) is 22.4 Å². The lowest BCUT2D eigenvalue weighted by molar-refractivity contribution is 0.415. The Kier molecular flexibility index (Phi) is 5.80. The number of ether oxygens (including phenoxy) is 2. The minimum Gasteiger partial charge on any atom is -0.497 e. The quantitative estimate of drug-likeness (QED) is 0.206. The van der Waals surface area contributed by atoms with Gasteiger partial charge in [-0.05, 0) is 53.6 Å². The van der Waals surface area contributed by atoms with Crippen LogP contribution in [-0.2, 0) is 0 Å². The summed E-state index contributed by atoms with van der Waals surface area (Å²) < 4.78 is 11.2. The summed E-state index contributed by atoms with van der Waals surface area (Å²) >= 11 is 0. The molecule has 0 aliphatic heterocycles. The molecule has 1 heterocycles. The third-order valence-corrected chi connectivity index (χ3v) is 4.83. The molecule has 0 saturated heterocycles. The number of hydrazone groups is 1. The summed E-state index contributed by atoms with van der Waals surface area (Å²) in [5, 5.41) is 3.66.